The van der Waals surface area contributed by atoms with Gasteiger partial charge in [0.05, 0.1) is 6.42 Å². The molecule has 2 aromatic carbocycles. The fourth-order valence-corrected chi connectivity index (χ4v) is 4.56. The third-order valence-electron chi connectivity index (χ3n) is 5.63. The Balaban J connectivity index is 1.30. The monoisotopic (exact) mass is 396 g/mol. The van der Waals surface area contributed by atoms with Gasteiger partial charge in [-0.15, -0.1) is 0 Å². The van der Waals surface area contributed by atoms with Crippen LogP contribution in [0.3, 0.4) is 0 Å². The van der Waals surface area contributed by atoms with Gasteiger partial charge in [0.2, 0.25) is 12.7 Å². The number of rotatable bonds is 3. The molecule has 0 bridgehead atoms. The molecule has 1 atom stereocenters. The fraction of sp³-hybridized carbons (Fsp3) is 0.318. The lowest BCUT2D eigenvalue weighted by Gasteiger charge is -2.23. The van der Waals surface area contributed by atoms with Crippen LogP contribution in [0.5, 0.6) is 11.5 Å². The highest BCUT2D eigenvalue weighted by atomic mass is 35.5. The first-order chi connectivity index (χ1) is 13.6. The molecule has 28 heavy (non-hydrogen) atoms. The SMILES string of the molecule is Cc1cc(Cl)cc2c3c([nH]c12)CC[C@@H](NC(=O)Cc1ccc2c(c1)OCO2)C3. The Labute approximate surface area is 168 Å². The van der Waals surface area contributed by atoms with Gasteiger partial charge in [-0.3, -0.25) is 4.79 Å². The molecule has 5 nitrogen and oxygen atoms in total. The number of carbonyl (C=O) groups excluding carboxylic acids is 1. The van der Waals surface area contributed by atoms with E-state index < -0.39 is 0 Å². The maximum absolute atomic E-state index is 12.6. The van der Waals surface area contributed by atoms with E-state index in [0.29, 0.717) is 12.2 Å². The van der Waals surface area contributed by atoms with Gasteiger partial charge >= 0.3 is 0 Å². The van der Waals surface area contributed by atoms with Crippen LogP contribution in [-0.4, -0.2) is 23.7 Å². The number of hydrogen-bond acceptors (Lipinski definition) is 3. The topological polar surface area (TPSA) is 63.4 Å². The van der Waals surface area contributed by atoms with Crippen LogP contribution < -0.4 is 14.8 Å². The Morgan fingerprint density at radius 2 is 2.11 bits per heavy atom. The highest BCUT2D eigenvalue weighted by Gasteiger charge is 2.24. The largest absolute Gasteiger partial charge is 0.454 e. The van der Waals surface area contributed by atoms with Crippen LogP contribution in [-0.2, 0) is 24.1 Å². The molecule has 144 valence electrons. The van der Waals surface area contributed by atoms with Crippen molar-refractivity contribution in [3.8, 4) is 11.5 Å². The second kappa shape index (κ2) is 6.74. The lowest BCUT2D eigenvalue weighted by molar-refractivity contribution is -0.121. The molecule has 3 aromatic rings. The number of ether oxygens (including phenoxy) is 2. The number of fused-ring (bicyclic) bond motifs is 4. The number of benzene rings is 2. The summed E-state index contributed by atoms with van der Waals surface area (Å²) in [5.74, 6) is 1.47. The standard InChI is InChI=1S/C22H21ClN2O3/c1-12-6-14(23)9-17-16-10-15(3-4-18(16)25-22(12)17)24-21(26)8-13-2-5-19-20(7-13)28-11-27-19/h2,5-7,9,15,25H,3-4,8,10-11H2,1H3,(H,24,26)/t15-/m1/s1. The molecule has 5 rings (SSSR count). The summed E-state index contributed by atoms with van der Waals surface area (Å²) in [7, 11) is 0. The number of hydrogen-bond donors (Lipinski definition) is 2. The van der Waals surface area contributed by atoms with Crippen LogP contribution >= 0.6 is 11.6 Å². The van der Waals surface area contributed by atoms with Crippen molar-refractivity contribution in [3.05, 3.63) is 57.7 Å². The molecule has 2 heterocycles. The molecule has 0 spiro atoms. The third kappa shape index (κ3) is 3.10. The lowest BCUT2D eigenvalue weighted by Crippen LogP contribution is -2.39. The number of aryl methyl sites for hydroxylation is 2. The molecule has 1 aromatic heterocycles. The molecule has 2 aliphatic rings. The van der Waals surface area contributed by atoms with Gasteiger partial charge in [-0.2, -0.15) is 0 Å². The highest BCUT2D eigenvalue weighted by Crippen LogP contribution is 2.34. The van der Waals surface area contributed by atoms with Gasteiger partial charge in [-0.25, -0.2) is 0 Å². The minimum Gasteiger partial charge on any atom is -0.454 e. The zero-order chi connectivity index (χ0) is 19.3. The molecule has 1 aliphatic carbocycles. The normalized spacial score (nSPS) is 17.6. The molecule has 0 saturated carbocycles. The first-order valence-electron chi connectivity index (χ1n) is 9.54. The molecular formula is C22H21ClN2O3. The summed E-state index contributed by atoms with van der Waals surface area (Å²) in [6, 6.07) is 9.79. The predicted octanol–water partition coefficient (Wildman–Crippen LogP) is 4.07. The minimum atomic E-state index is 0.0290. The summed E-state index contributed by atoms with van der Waals surface area (Å²) < 4.78 is 10.7. The van der Waals surface area contributed by atoms with E-state index in [1.54, 1.807) is 0 Å². The van der Waals surface area contributed by atoms with Crippen LogP contribution in [0.25, 0.3) is 10.9 Å². The molecule has 0 saturated heterocycles. The maximum atomic E-state index is 12.6. The smallest absolute Gasteiger partial charge is 0.231 e. The molecule has 6 heteroatoms. The van der Waals surface area contributed by atoms with Gasteiger partial charge in [-0.1, -0.05) is 17.7 Å². The van der Waals surface area contributed by atoms with Crippen LogP contribution in [0.4, 0.5) is 0 Å². The predicted molar refractivity (Wildman–Crippen MR) is 108 cm³/mol. The van der Waals surface area contributed by atoms with Crippen molar-refractivity contribution in [2.24, 2.45) is 0 Å². The Hall–Kier alpha value is -2.66. The lowest BCUT2D eigenvalue weighted by atomic mass is 9.91. The van der Waals surface area contributed by atoms with E-state index in [-0.39, 0.29) is 18.7 Å². The summed E-state index contributed by atoms with van der Waals surface area (Å²) in [5, 5.41) is 5.13. The maximum Gasteiger partial charge on any atom is 0.231 e. The van der Waals surface area contributed by atoms with Crippen molar-refractivity contribution in [1.29, 1.82) is 0 Å². The van der Waals surface area contributed by atoms with E-state index in [9.17, 15) is 4.79 Å². The first-order valence-corrected chi connectivity index (χ1v) is 9.92. The third-order valence-corrected chi connectivity index (χ3v) is 5.84. The zero-order valence-electron chi connectivity index (χ0n) is 15.6. The van der Waals surface area contributed by atoms with Gasteiger partial charge in [0.15, 0.2) is 11.5 Å². The van der Waals surface area contributed by atoms with Crippen molar-refractivity contribution in [1.82, 2.24) is 10.3 Å². The molecule has 0 radical (unpaired) electrons. The van der Waals surface area contributed by atoms with Gasteiger partial charge in [-0.05, 0) is 67.1 Å². The second-order valence-corrected chi connectivity index (χ2v) is 8.04. The summed E-state index contributed by atoms with van der Waals surface area (Å²) in [6.07, 6.45) is 3.01. The average molecular weight is 397 g/mol. The molecule has 1 aliphatic heterocycles. The zero-order valence-corrected chi connectivity index (χ0v) is 16.4. The number of nitrogens with one attached hydrogen (secondary N) is 2. The van der Waals surface area contributed by atoms with E-state index in [1.165, 1.54) is 16.6 Å². The molecule has 2 N–H and O–H groups in total. The van der Waals surface area contributed by atoms with E-state index >= 15 is 0 Å². The molecule has 0 unspecified atom stereocenters. The molecule has 0 fully saturated rings. The van der Waals surface area contributed by atoms with Gasteiger partial charge in [0.25, 0.3) is 0 Å². The van der Waals surface area contributed by atoms with E-state index in [1.807, 2.05) is 30.3 Å². The Kier molecular flexibility index (Phi) is 4.20. The number of halogens is 1. The molecular weight excluding hydrogens is 376 g/mol. The van der Waals surface area contributed by atoms with E-state index in [2.05, 4.69) is 17.2 Å². The number of aromatic amines is 1. The Bertz CT molecular complexity index is 1090. The highest BCUT2D eigenvalue weighted by molar-refractivity contribution is 6.31. The van der Waals surface area contributed by atoms with Crippen LogP contribution in [0.2, 0.25) is 5.02 Å². The van der Waals surface area contributed by atoms with E-state index in [0.717, 1.165) is 46.7 Å². The van der Waals surface area contributed by atoms with Crippen molar-refractivity contribution in [3.63, 3.8) is 0 Å². The Morgan fingerprint density at radius 3 is 3.00 bits per heavy atom. The number of carbonyl (C=O) groups is 1. The summed E-state index contributed by atoms with van der Waals surface area (Å²) in [6.45, 7) is 2.31. The number of aromatic nitrogens is 1. The van der Waals surface area contributed by atoms with E-state index in [4.69, 9.17) is 21.1 Å². The van der Waals surface area contributed by atoms with Crippen molar-refractivity contribution < 1.29 is 14.3 Å². The van der Waals surface area contributed by atoms with Crippen LogP contribution in [0.1, 0.15) is 28.8 Å². The van der Waals surface area contributed by atoms with Crippen molar-refractivity contribution in [2.75, 3.05) is 6.79 Å². The second-order valence-electron chi connectivity index (χ2n) is 7.60. The van der Waals surface area contributed by atoms with Gasteiger partial charge in [0, 0.05) is 27.7 Å². The van der Waals surface area contributed by atoms with Crippen molar-refractivity contribution in [2.45, 2.75) is 38.6 Å². The van der Waals surface area contributed by atoms with Crippen LogP contribution in [0.15, 0.2) is 30.3 Å². The van der Waals surface area contributed by atoms with Gasteiger partial charge < -0.3 is 19.8 Å². The average Bonchev–Trinajstić information content (AvgIpc) is 3.26. The number of H-pyrrole nitrogens is 1. The quantitative estimate of drug-likeness (QED) is 0.701. The first kappa shape index (κ1) is 17.4. The molecule has 1 amide bonds. The fourth-order valence-electron chi connectivity index (χ4n) is 4.29. The van der Waals surface area contributed by atoms with Gasteiger partial charge in [0.1, 0.15) is 0 Å². The summed E-state index contributed by atoms with van der Waals surface area (Å²) in [5.41, 5.74) is 5.77. The summed E-state index contributed by atoms with van der Waals surface area (Å²) >= 11 is 6.27. The van der Waals surface area contributed by atoms with Crippen LogP contribution in [0, 0.1) is 6.92 Å². The minimum absolute atomic E-state index is 0.0290. The Morgan fingerprint density at radius 1 is 1.25 bits per heavy atom. The summed E-state index contributed by atoms with van der Waals surface area (Å²) in [4.78, 5) is 16.1. The number of amides is 1. The van der Waals surface area contributed by atoms with Crippen molar-refractivity contribution >= 4 is 28.4 Å².